The molecule has 29 heavy (non-hydrogen) atoms. The van der Waals surface area contributed by atoms with Crippen LogP contribution in [-0.4, -0.2) is 35.2 Å². The van der Waals surface area contributed by atoms with Gasteiger partial charge in [0, 0.05) is 11.6 Å². The second kappa shape index (κ2) is 7.23. The summed E-state index contributed by atoms with van der Waals surface area (Å²) in [6.45, 7) is 3.75. The number of hydrogen-bond acceptors (Lipinski definition) is 6. The molecule has 8 nitrogen and oxygen atoms in total. The van der Waals surface area contributed by atoms with Crippen molar-refractivity contribution >= 4 is 29.6 Å². The summed E-state index contributed by atoms with van der Waals surface area (Å²) >= 11 is 0. The van der Waals surface area contributed by atoms with Crippen LogP contribution in [0.1, 0.15) is 30.0 Å². The van der Waals surface area contributed by atoms with Crippen LogP contribution >= 0.6 is 0 Å². The van der Waals surface area contributed by atoms with Crippen LogP contribution in [0.4, 0.5) is 0 Å². The Balaban J connectivity index is 1.61. The minimum atomic E-state index is -0.543. The number of amides is 1. The van der Waals surface area contributed by atoms with Gasteiger partial charge in [-0.15, -0.1) is 5.06 Å². The summed E-state index contributed by atoms with van der Waals surface area (Å²) < 4.78 is 10.8. The fourth-order valence-electron chi connectivity index (χ4n) is 2.94. The number of nitrogens with one attached hydrogen (secondary N) is 1. The highest BCUT2D eigenvalue weighted by atomic mass is 16.7. The average Bonchev–Trinajstić information content (AvgIpc) is 3.32. The lowest BCUT2D eigenvalue weighted by atomic mass is 10.1. The molecular formula is C21H17N3O5. The van der Waals surface area contributed by atoms with Gasteiger partial charge in [0.05, 0.1) is 17.7 Å². The van der Waals surface area contributed by atoms with Gasteiger partial charge < -0.3 is 14.0 Å². The van der Waals surface area contributed by atoms with Gasteiger partial charge in [0.15, 0.2) is 11.7 Å². The fourth-order valence-corrected chi connectivity index (χ4v) is 2.94. The van der Waals surface area contributed by atoms with Crippen molar-refractivity contribution in [2.45, 2.75) is 13.8 Å². The molecule has 0 saturated carbocycles. The van der Waals surface area contributed by atoms with E-state index < -0.39 is 11.9 Å². The molecule has 0 aliphatic carbocycles. The highest BCUT2D eigenvalue weighted by molar-refractivity contribution is 6.32. The average molecular weight is 391 g/mol. The Kier molecular flexibility index (Phi) is 4.59. The van der Waals surface area contributed by atoms with Crippen LogP contribution in [0.5, 0.6) is 0 Å². The molecule has 1 aromatic carbocycles. The lowest BCUT2D eigenvalue weighted by molar-refractivity contribution is -0.114. The Morgan fingerprint density at radius 1 is 1.31 bits per heavy atom. The van der Waals surface area contributed by atoms with Crippen LogP contribution < -0.4 is 0 Å². The minimum absolute atomic E-state index is 0.0537. The molecule has 2 aromatic rings. The van der Waals surface area contributed by atoms with Crippen LogP contribution in [-0.2, 0) is 14.4 Å². The normalized spacial score (nSPS) is 17.0. The number of furan rings is 1. The predicted molar refractivity (Wildman–Crippen MR) is 105 cm³/mol. The number of hydroxylamine groups is 2. The first-order chi connectivity index (χ1) is 14.0. The fraction of sp³-hybridized carbons (Fsp3) is 0.143. The predicted octanol–water partition coefficient (Wildman–Crippen LogP) is 3.57. The van der Waals surface area contributed by atoms with Crippen LogP contribution in [0.25, 0.3) is 17.4 Å². The van der Waals surface area contributed by atoms with E-state index in [0.29, 0.717) is 35.0 Å². The third-order valence-electron chi connectivity index (χ3n) is 4.25. The molecule has 0 spiro atoms. The number of rotatable bonds is 4. The Hall–Kier alpha value is -3.94. The molecule has 0 radical (unpaired) electrons. The highest BCUT2D eigenvalue weighted by Crippen LogP contribution is 2.27. The van der Waals surface area contributed by atoms with Crippen molar-refractivity contribution in [1.29, 1.82) is 5.41 Å². The third-order valence-corrected chi connectivity index (χ3v) is 4.25. The van der Waals surface area contributed by atoms with E-state index in [1.54, 1.807) is 56.3 Å². The summed E-state index contributed by atoms with van der Waals surface area (Å²) in [4.78, 5) is 33.6. The smallest absolute Gasteiger partial charge is 0.338 e. The number of carbonyl (C=O) groups excluding carboxylic acids is 2. The minimum Gasteiger partial charge on any atom is -0.462 e. The molecule has 0 saturated heterocycles. The van der Waals surface area contributed by atoms with Gasteiger partial charge in [0.2, 0.25) is 0 Å². The number of carbonyl (C=O) groups is 2. The summed E-state index contributed by atoms with van der Waals surface area (Å²) in [6.07, 6.45) is 3.03. The van der Waals surface area contributed by atoms with Crippen molar-refractivity contribution in [2.24, 2.45) is 4.99 Å². The van der Waals surface area contributed by atoms with Crippen LogP contribution in [0.15, 0.2) is 63.2 Å². The molecule has 1 amide bonds. The topological polar surface area (TPSA) is 105 Å². The van der Waals surface area contributed by atoms with Gasteiger partial charge in [-0.3, -0.25) is 10.2 Å². The summed E-state index contributed by atoms with van der Waals surface area (Å²) in [5.74, 6) is 0.644. The SMILES string of the molecule is CCOC(=O)c1cccc(-c2ccc(/C=C3/C(=N)N4OC(C)=CC4=NC3=O)o2)c1. The molecule has 1 aromatic heterocycles. The Morgan fingerprint density at radius 3 is 2.93 bits per heavy atom. The van der Waals surface area contributed by atoms with E-state index in [9.17, 15) is 9.59 Å². The maximum Gasteiger partial charge on any atom is 0.338 e. The number of esters is 1. The van der Waals surface area contributed by atoms with Gasteiger partial charge in [-0.05, 0) is 44.2 Å². The standard InChI is InChI=1S/C21H17N3O5/c1-3-27-21(26)14-6-4-5-13(10-14)17-8-7-15(28-17)11-16-19(22)24-18(23-20(16)25)9-12(2)29-24/h4-11,22H,3H2,1-2H3/b16-11-,22-19?. The van der Waals surface area contributed by atoms with E-state index in [1.807, 2.05) is 0 Å². The number of ether oxygens (including phenoxy) is 1. The molecule has 0 unspecified atom stereocenters. The number of aliphatic imine (C=N–C) groups is 1. The van der Waals surface area contributed by atoms with Crippen molar-refractivity contribution in [1.82, 2.24) is 5.06 Å². The van der Waals surface area contributed by atoms with E-state index in [0.717, 1.165) is 0 Å². The van der Waals surface area contributed by atoms with Crippen molar-refractivity contribution in [3.63, 3.8) is 0 Å². The molecule has 0 fully saturated rings. The van der Waals surface area contributed by atoms with Gasteiger partial charge in [-0.1, -0.05) is 12.1 Å². The number of nitrogens with zero attached hydrogens (tertiary/aromatic N) is 2. The number of hydrogen-bond donors (Lipinski definition) is 1. The quantitative estimate of drug-likeness (QED) is 0.631. The molecular weight excluding hydrogens is 374 g/mol. The second-order valence-electron chi connectivity index (χ2n) is 6.33. The monoisotopic (exact) mass is 391 g/mol. The molecule has 4 rings (SSSR count). The summed E-state index contributed by atoms with van der Waals surface area (Å²) in [5.41, 5.74) is 1.16. The Bertz CT molecular complexity index is 1120. The van der Waals surface area contributed by atoms with Gasteiger partial charge in [0.25, 0.3) is 5.91 Å². The third kappa shape index (κ3) is 3.47. The van der Waals surface area contributed by atoms with Crippen LogP contribution in [0.3, 0.4) is 0 Å². The first-order valence-corrected chi connectivity index (χ1v) is 8.93. The highest BCUT2D eigenvalue weighted by Gasteiger charge is 2.34. The number of allylic oxidation sites excluding steroid dienone is 1. The zero-order valence-corrected chi connectivity index (χ0v) is 15.8. The summed E-state index contributed by atoms with van der Waals surface area (Å²) in [7, 11) is 0. The number of fused-ring (bicyclic) bond motifs is 1. The summed E-state index contributed by atoms with van der Waals surface area (Å²) in [5, 5.41) is 9.42. The molecule has 2 aliphatic heterocycles. The van der Waals surface area contributed by atoms with Gasteiger partial charge in [-0.25, -0.2) is 4.79 Å². The second-order valence-corrected chi connectivity index (χ2v) is 6.33. The first-order valence-electron chi connectivity index (χ1n) is 8.93. The molecule has 1 N–H and O–H groups in total. The largest absolute Gasteiger partial charge is 0.462 e. The lowest BCUT2D eigenvalue weighted by Gasteiger charge is -2.22. The van der Waals surface area contributed by atoms with Crippen LogP contribution in [0.2, 0.25) is 0 Å². The lowest BCUT2D eigenvalue weighted by Crippen LogP contribution is -2.38. The van der Waals surface area contributed by atoms with Gasteiger partial charge >= 0.3 is 5.97 Å². The van der Waals surface area contributed by atoms with Gasteiger partial charge in [0.1, 0.15) is 17.3 Å². The number of amidine groups is 2. The molecule has 0 atom stereocenters. The number of benzene rings is 1. The molecule has 2 aliphatic rings. The van der Waals surface area contributed by atoms with Crippen molar-refractivity contribution in [2.75, 3.05) is 6.61 Å². The van der Waals surface area contributed by atoms with Gasteiger partial charge in [-0.2, -0.15) is 4.99 Å². The Labute approximate surface area is 166 Å². The van der Waals surface area contributed by atoms with E-state index >= 15 is 0 Å². The van der Waals surface area contributed by atoms with E-state index in [1.165, 1.54) is 11.1 Å². The molecule has 146 valence electrons. The molecule has 8 heteroatoms. The maximum absolute atomic E-state index is 12.3. The van der Waals surface area contributed by atoms with E-state index in [4.69, 9.17) is 19.4 Å². The van der Waals surface area contributed by atoms with Crippen molar-refractivity contribution in [3.05, 3.63) is 65.1 Å². The molecule has 0 bridgehead atoms. The molecule has 3 heterocycles. The van der Waals surface area contributed by atoms with E-state index in [2.05, 4.69) is 4.99 Å². The van der Waals surface area contributed by atoms with E-state index in [-0.39, 0.29) is 17.2 Å². The first kappa shape index (κ1) is 18.4. The summed E-state index contributed by atoms with van der Waals surface area (Å²) in [6, 6.07) is 10.3. The van der Waals surface area contributed by atoms with Crippen LogP contribution in [0, 0.1) is 5.41 Å². The zero-order chi connectivity index (χ0) is 20.5. The zero-order valence-electron chi connectivity index (χ0n) is 15.8. The van der Waals surface area contributed by atoms with Crippen molar-refractivity contribution < 1.29 is 23.6 Å². The maximum atomic E-state index is 12.3. The Morgan fingerprint density at radius 2 is 2.14 bits per heavy atom. The van der Waals surface area contributed by atoms with Crippen molar-refractivity contribution in [3.8, 4) is 11.3 Å².